The normalized spacial score (nSPS) is 13.0. The van der Waals surface area contributed by atoms with Crippen molar-refractivity contribution in [2.45, 2.75) is 25.9 Å². The molecule has 72 valence electrons. The maximum Gasteiger partial charge on any atom is 0.460 e. The first-order chi connectivity index (χ1) is 5.10. The number of hydrogen-bond donors (Lipinski definition) is 0. The average Bonchev–Trinajstić information content (AvgIpc) is 1.83. The molecule has 0 fully saturated rings. The van der Waals surface area contributed by atoms with E-state index in [0.717, 1.165) is 13.8 Å². The van der Waals surface area contributed by atoms with Crippen molar-refractivity contribution in [2.24, 2.45) is 0 Å². The number of halogens is 6. The van der Waals surface area contributed by atoms with Crippen LogP contribution in [0.15, 0.2) is 11.4 Å². The van der Waals surface area contributed by atoms with Crippen LogP contribution in [0.2, 0.25) is 0 Å². The molecule has 0 saturated carbocycles. The van der Waals surface area contributed by atoms with Crippen LogP contribution < -0.4 is 0 Å². The maximum absolute atomic E-state index is 12.2. The van der Waals surface area contributed by atoms with Gasteiger partial charge in [-0.2, -0.15) is 22.0 Å². The fraction of sp³-hybridized carbons (Fsp3) is 0.667. The van der Waals surface area contributed by atoms with E-state index in [0.29, 0.717) is 0 Å². The third-order valence-corrected chi connectivity index (χ3v) is 1.07. The van der Waals surface area contributed by atoms with Crippen LogP contribution in [0.3, 0.4) is 0 Å². The topological polar surface area (TPSA) is 0 Å². The van der Waals surface area contributed by atoms with Crippen LogP contribution in [0, 0.1) is 0 Å². The first-order valence-electron chi connectivity index (χ1n) is 2.88. The van der Waals surface area contributed by atoms with E-state index in [-0.39, 0.29) is 0 Å². The Morgan fingerprint density at radius 1 is 0.917 bits per heavy atom. The molecular weight excluding hydrogens is 186 g/mol. The summed E-state index contributed by atoms with van der Waals surface area (Å²) < 4.78 is 70.5. The summed E-state index contributed by atoms with van der Waals surface area (Å²) in [5.74, 6) is -7.80. The SMILES string of the molecule is CC(C)=C(F)C(F)(F)C(F)(F)F. The standard InChI is InChI=1S/C6H6F6/c1-3(2)4(7)5(8,9)6(10,11)12/h1-2H3. The minimum atomic E-state index is -5.87. The Hall–Kier alpha value is -0.680. The van der Waals surface area contributed by atoms with Gasteiger partial charge in [0.25, 0.3) is 0 Å². The highest BCUT2D eigenvalue weighted by molar-refractivity contribution is 5.13. The van der Waals surface area contributed by atoms with Gasteiger partial charge < -0.3 is 0 Å². The fourth-order valence-corrected chi connectivity index (χ4v) is 0.438. The summed E-state index contributed by atoms with van der Waals surface area (Å²) >= 11 is 0. The van der Waals surface area contributed by atoms with E-state index in [2.05, 4.69) is 0 Å². The highest BCUT2D eigenvalue weighted by Crippen LogP contribution is 2.42. The Kier molecular flexibility index (Phi) is 2.82. The van der Waals surface area contributed by atoms with Gasteiger partial charge in [0.1, 0.15) is 0 Å². The molecule has 0 aromatic carbocycles. The predicted octanol–water partition coefficient (Wildman–Crippen LogP) is 3.45. The van der Waals surface area contributed by atoms with Crippen LogP contribution >= 0.6 is 0 Å². The molecule has 0 N–H and O–H groups in total. The molecule has 0 saturated heterocycles. The number of rotatable bonds is 1. The highest BCUT2D eigenvalue weighted by Gasteiger charge is 2.61. The molecule has 0 aromatic rings. The Bertz CT molecular complexity index is 195. The molecule has 0 amide bonds. The van der Waals surface area contributed by atoms with Crippen molar-refractivity contribution in [3.05, 3.63) is 11.4 Å². The van der Waals surface area contributed by atoms with Crippen LogP contribution in [0.25, 0.3) is 0 Å². The smallest absolute Gasteiger partial charge is 0.205 e. The van der Waals surface area contributed by atoms with E-state index in [1.54, 1.807) is 0 Å². The number of hydrogen-bond acceptors (Lipinski definition) is 0. The summed E-state index contributed by atoms with van der Waals surface area (Å²) in [6.45, 7) is 1.68. The van der Waals surface area contributed by atoms with Gasteiger partial charge >= 0.3 is 12.1 Å². The van der Waals surface area contributed by atoms with Crippen molar-refractivity contribution in [1.82, 2.24) is 0 Å². The lowest BCUT2D eigenvalue weighted by molar-refractivity contribution is -0.270. The summed E-state index contributed by atoms with van der Waals surface area (Å²) in [6, 6.07) is 0. The van der Waals surface area contributed by atoms with Crippen LogP contribution in [-0.2, 0) is 0 Å². The van der Waals surface area contributed by atoms with Gasteiger partial charge in [0.15, 0.2) is 5.83 Å². The minimum Gasteiger partial charge on any atom is -0.205 e. The van der Waals surface area contributed by atoms with Gasteiger partial charge in [0.2, 0.25) is 0 Å². The molecule has 0 nitrogen and oxygen atoms in total. The van der Waals surface area contributed by atoms with E-state index in [9.17, 15) is 26.3 Å². The first-order valence-corrected chi connectivity index (χ1v) is 2.88. The second-order valence-electron chi connectivity index (χ2n) is 2.39. The summed E-state index contributed by atoms with van der Waals surface area (Å²) in [5.41, 5.74) is -0.683. The van der Waals surface area contributed by atoms with Crippen molar-refractivity contribution >= 4 is 0 Å². The molecule has 0 aliphatic rings. The fourth-order valence-electron chi connectivity index (χ4n) is 0.438. The Morgan fingerprint density at radius 2 is 1.25 bits per heavy atom. The van der Waals surface area contributed by atoms with E-state index < -0.39 is 23.5 Å². The second kappa shape index (κ2) is 2.99. The molecule has 0 aliphatic heterocycles. The zero-order valence-corrected chi connectivity index (χ0v) is 6.27. The van der Waals surface area contributed by atoms with E-state index in [1.807, 2.05) is 0 Å². The molecule has 0 aromatic heterocycles. The molecule has 0 rings (SSSR count). The van der Waals surface area contributed by atoms with Gasteiger partial charge in [0.05, 0.1) is 0 Å². The van der Waals surface area contributed by atoms with Crippen LogP contribution in [-0.4, -0.2) is 12.1 Å². The molecule has 0 unspecified atom stereocenters. The van der Waals surface area contributed by atoms with Crippen molar-refractivity contribution < 1.29 is 26.3 Å². The van der Waals surface area contributed by atoms with Crippen molar-refractivity contribution in [1.29, 1.82) is 0 Å². The maximum atomic E-state index is 12.2. The van der Waals surface area contributed by atoms with Crippen LogP contribution in [0.5, 0.6) is 0 Å². The summed E-state index contributed by atoms with van der Waals surface area (Å²) in [6.07, 6.45) is -5.87. The van der Waals surface area contributed by atoms with E-state index in [1.165, 1.54) is 0 Å². The lowest BCUT2D eigenvalue weighted by Crippen LogP contribution is -2.37. The molecule has 0 bridgehead atoms. The Labute approximate surface area is 64.9 Å². The zero-order valence-electron chi connectivity index (χ0n) is 6.27. The van der Waals surface area contributed by atoms with Crippen molar-refractivity contribution in [3.63, 3.8) is 0 Å². The predicted molar refractivity (Wildman–Crippen MR) is 30.5 cm³/mol. The quantitative estimate of drug-likeness (QED) is 0.558. The molecule has 0 radical (unpaired) electrons. The zero-order chi connectivity index (χ0) is 10.2. The number of allylic oxidation sites excluding steroid dienone is 2. The highest BCUT2D eigenvalue weighted by atomic mass is 19.4. The lowest BCUT2D eigenvalue weighted by atomic mass is 10.2. The molecule has 0 heterocycles. The van der Waals surface area contributed by atoms with Gasteiger partial charge in [-0.15, -0.1) is 0 Å². The lowest BCUT2D eigenvalue weighted by Gasteiger charge is -2.18. The molecule has 6 heteroatoms. The van der Waals surface area contributed by atoms with Gasteiger partial charge in [-0.1, -0.05) is 0 Å². The van der Waals surface area contributed by atoms with Gasteiger partial charge in [-0.05, 0) is 19.4 Å². The summed E-state index contributed by atoms with van der Waals surface area (Å²) in [5, 5.41) is 0. The molecule has 12 heavy (non-hydrogen) atoms. The van der Waals surface area contributed by atoms with E-state index >= 15 is 0 Å². The molecule has 0 spiro atoms. The summed E-state index contributed by atoms with van der Waals surface area (Å²) in [7, 11) is 0. The molecule has 0 atom stereocenters. The van der Waals surface area contributed by atoms with Gasteiger partial charge in [-0.25, -0.2) is 4.39 Å². The van der Waals surface area contributed by atoms with Crippen LogP contribution in [0.1, 0.15) is 13.8 Å². The van der Waals surface area contributed by atoms with Gasteiger partial charge in [0, 0.05) is 0 Å². The second-order valence-corrected chi connectivity index (χ2v) is 2.39. The number of alkyl halides is 5. The Balaban J connectivity index is 5.01. The third-order valence-electron chi connectivity index (χ3n) is 1.07. The third kappa shape index (κ3) is 1.92. The Morgan fingerprint density at radius 3 is 1.33 bits per heavy atom. The minimum absolute atomic E-state index is 0.683. The largest absolute Gasteiger partial charge is 0.460 e. The van der Waals surface area contributed by atoms with Crippen molar-refractivity contribution in [2.75, 3.05) is 0 Å². The monoisotopic (exact) mass is 192 g/mol. The average molecular weight is 192 g/mol. The van der Waals surface area contributed by atoms with Crippen molar-refractivity contribution in [3.8, 4) is 0 Å². The summed E-state index contributed by atoms with van der Waals surface area (Å²) in [4.78, 5) is 0. The van der Waals surface area contributed by atoms with Crippen LogP contribution in [0.4, 0.5) is 26.3 Å². The van der Waals surface area contributed by atoms with Gasteiger partial charge in [-0.3, -0.25) is 0 Å². The first kappa shape index (κ1) is 11.3. The molecular formula is C6H6F6. The molecule has 0 aliphatic carbocycles. The van der Waals surface area contributed by atoms with E-state index in [4.69, 9.17) is 0 Å².